The van der Waals surface area contributed by atoms with E-state index in [1.807, 2.05) is 24.4 Å². The van der Waals surface area contributed by atoms with Crippen LogP contribution in [0, 0.1) is 5.92 Å². The lowest BCUT2D eigenvalue weighted by Crippen LogP contribution is -2.10. The predicted octanol–water partition coefficient (Wildman–Crippen LogP) is 4.35. The number of hydrogen-bond donors (Lipinski definition) is 1. The fraction of sp³-hybridized carbons (Fsp3) is 0.471. The quantitative estimate of drug-likeness (QED) is 0.761. The Balaban J connectivity index is 2.05. The van der Waals surface area contributed by atoms with E-state index in [9.17, 15) is 0 Å². The molecular formula is C17H25N3. The van der Waals surface area contributed by atoms with Crippen molar-refractivity contribution >= 4 is 5.69 Å². The zero-order valence-corrected chi connectivity index (χ0v) is 12.5. The number of nitrogens with zero attached hydrogens (tertiary/aromatic N) is 2. The van der Waals surface area contributed by atoms with Crippen LogP contribution < -0.4 is 5.73 Å². The van der Waals surface area contributed by atoms with Crippen molar-refractivity contribution in [3.05, 3.63) is 36.7 Å². The number of nitrogens with two attached hydrogens (primary N) is 1. The van der Waals surface area contributed by atoms with Crippen molar-refractivity contribution in [2.24, 2.45) is 5.92 Å². The summed E-state index contributed by atoms with van der Waals surface area (Å²) in [7, 11) is 0. The molecule has 1 aromatic heterocycles. The molecule has 108 valence electrons. The fourth-order valence-corrected chi connectivity index (χ4v) is 2.51. The third-order valence-electron chi connectivity index (χ3n) is 3.84. The molecule has 0 saturated carbocycles. The molecule has 0 aliphatic heterocycles. The first-order valence-electron chi connectivity index (χ1n) is 7.61. The van der Waals surface area contributed by atoms with Crippen molar-refractivity contribution in [2.45, 2.75) is 46.1 Å². The molecule has 1 heterocycles. The zero-order chi connectivity index (χ0) is 14.4. The Morgan fingerprint density at radius 3 is 2.80 bits per heavy atom. The first-order valence-corrected chi connectivity index (χ1v) is 7.61. The first-order chi connectivity index (χ1) is 9.72. The number of nitrogen functional groups attached to an aromatic ring is 1. The van der Waals surface area contributed by atoms with Crippen LogP contribution in [0.1, 0.15) is 39.5 Å². The van der Waals surface area contributed by atoms with Gasteiger partial charge in [0.05, 0.1) is 6.20 Å². The number of rotatable bonds is 7. The van der Waals surface area contributed by atoms with Gasteiger partial charge in [0.25, 0.3) is 0 Å². The number of benzene rings is 1. The van der Waals surface area contributed by atoms with Crippen molar-refractivity contribution in [1.82, 2.24) is 9.78 Å². The molecule has 2 rings (SSSR count). The van der Waals surface area contributed by atoms with Gasteiger partial charge in [-0.15, -0.1) is 0 Å². The highest BCUT2D eigenvalue weighted by atomic mass is 15.3. The van der Waals surface area contributed by atoms with Gasteiger partial charge in [0.2, 0.25) is 0 Å². The van der Waals surface area contributed by atoms with E-state index in [4.69, 9.17) is 5.73 Å². The van der Waals surface area contributed by atoms with Crippen LogP contribution in [0.4, 0.5) is 5.69 Å². The number of aromatic nitrogens is 2. The van der Waals surface area contributed by atoms with Crippen LogP contribution in [0.25, 0.3) is 11.1 Å². The number of hydrogen-bond acceptors (Lipinski definition) is 2. The van der Waals surface area contributed by atoms with Crippen LogP contribution in [0.5, 0.6) is 0 Å². The summed E-state index contributed by atoms with van der Waals surface area (Å²) in [4.78, 5) is 0. The molecule has 2 N–H and O–H groups in total. The van der Waals surface area contributed by atoms with Crippen molar-refractivity contribution < 1.29 is 0 Å². The van der Waals surface area contributed by atoms with E-state index >= 15 is 0 Å². The van der Waals surface area contributed by atoms with E-state index in [-0.39, 0.29) is 0 Å². The van der Waals surface area contributed by atoms with E-state index in [1.165, 1.54) is 25.7 Å². The van der Waals surface area contributed by atoms with Crippen LogP contribution in [-0.4, -0.2) is 9.78 Å². The maximum absolute atomic E-state index is 5.83. The second-order valence-corrected chi connectivity index (χ2v) is 5.49. The first kappa shape index (κ1) is 14.6. The summed E-state index contributed by atoms with van der Waals surface area (Å²) in [5.41, 5.74) is 8.91. The lowest BCUT2D eigenvalue weighted by atomic mass is 9.99. The molecule has 0 bridgehead atoms. The summed E-state index contributed by atoms with van der Waals surface area (Å²) in [6, 6.07) is 7.96. The van der Waals surface area contributed by atoms with Gasteiger partial charge < -0.3 is 5.73 Å². The SMILES string of the molecule is CCCCC(CC)Cn1cc(-c2cccc(N)c2)cn1. The Morgan fingerprint density at radius 1 is 1.25 bits per heavy atom. The van der Waals surface area contributed by atoms with Gasteiger partial charge in [-0.05, 0) is 30.0 Å². The Kier molecular flexibility index (Phi) is 5.22. The molecule has 0 radical (unpaired) electrons. The normalized spacial score (nSPS) is 12.5. The monoisotopic (exact) mass is 271 g/mol. The van der Waals surface area contributed by atoms with E-state index in [0.717, 1.165) is 29.3 Å². The molecule has 0 spiro atoms. The molecule has 1 aromatic carbocycles. The van der Waals surface area contributed by atoms with Crippen molar-refractivity contribution in [3.63, 3.8) is 0 Å². The van der Waals surface area contributed by atoms with Crippen LogP contribution >= 0.6 is 0 Å². The third-order valence-corrected chi connectivity index (χ3v) is 3.84. The number of anilines is 1. The highest BCUT2D eigenvalue weighted by Crippen LogP contribution is 2.22. The molecule has 3 heteroatoms. The highest BCUT2D eigenvalue weighted by molar-refractivity contribution is 5.65. The van der Waals surface area contributed by atoms with Gasteiger partial charge in [-0.2, -0.15) is 5.10 Å². The molecular weight excluding hydrogens is 246 g/mol. The second-order valence-electron chi connectivity index (χ2n) is 5.49. The topological polar surface area (TPSA) is 43.8 Å². The van der Waals surface area contributed by atoms with Gasteiger partial charge in [0, 0.05) is 24.0 Å². The maximum atomic E-state index is 5.83. The molecule has 1 unspecified atom stereocenters. The summed E-state index contributed by atoms with van der Waals surface area (Å²) >= 11 is 0. The Labute approximate surface area is 121 Å². The van der Waals surface area contributed by atoms with Gasteiger partial charge in [-0.3, -0.25) is 4.68 Å². The molecule has 0 aliphatic carbocycles. The lowest BCUT2D eigenvalue weighted by molar-refractivity contribution is 0.372. The van der Waals surface area contributed by atoms with Crippen LogP contribution in [0.3, 0.4) is 0 Å². The average molecular weight is 271 g/mol. The minimum Gasteiger partial charge on any atom is -0.399 e. The van der Waals surface area contributed by atoms with Gasteiger partial charge in [-0.25, -0.2) is 0 Å². The smallest absolute Gasteiger partial charge is 0.0568 e. The summed E-state index contributed by atoms with van der Waals surface area (Å²) < 4.78 is 2.07. The van der Waals surface area contributed by atoms with Gasteiger partial charge in [-0.1, -0.05) is 45.2 Å². The van der Waals surface area contributed by atoms with E-state index < -0.39 is 0 Å². The highest BCUT2D eigenvalue weighted by Gasteiger charge is 2.08. The van der Waals surface area contributed by atoms with Crippen LogP contribution in [0.15, 0.2) is 36.7 Å². The summed E-state index contributed by atoms with van der Waals surface area (Å²) in [6.45, 7) is 5.53. The molecule has 20 heavy (non-hydrogen) atoms. The third kappa shape index (κ3) is 3.86. The Hall–Kier alpha value is -1.77. The van der Waals surface area contributed by atoms with E-state index in [0.29, 0.717) is 0 Å². The molecule has 0 aliphatic rings. The number of unbranched alkanes of at least 4 members (excludes halogenated alkanes) is 1. The standard InChI is InChI=1S/C17H25N3/c1-3-5-7-14(4-2)12-20-13-16(11-19-20)15-8-6-9-17(18)10-15/h6,8-11,13-14H,3-5,7,12,18H2,1-2H3. The van der Waals surface area contributed by atoms with Crippen molar-refractivity contribution in [2.75, 3.05) is 5.73 Å². The molecule has 2 aromatic rings. The maximum Gasteiger partial charge on any atom is 0.0568 e. The Bertz CT molecular complexity index is 531. The molecule has 1 atom stereocenters. The molecule has 3 nitrogen and oxygen atoms in total. The van der Waals surface area contributed by atoms with Crippen molar-refractivity contribution in [1.29, 1.82) is 0 Å². The summed E-state index contributed by atoms with van der Waals surface area (Å²) in [6.07, 6.45) is 9.14. The van der Waals surface area contributed by atoms with Crippen LogP contribution in [0.2, 0.25) is 0 Å². The second kappa shape index (κ2) is 7.13. The van der Waals surface area contributed by atoms with Crippen molar-refractivity contribution in [3.8, 4) is 11.1 Å². The van der Waals surface area contributed by atoms with Gasteiger partial charge in [0.15, 0.2) is 0 Å². The minimum atomic E-state index is 0.726. The largest absolute Gasteiger partial charge is 0.399 e. The lowest BCUT2D eigenvalue weighted by Gasteiger charge is -2.14. The fourth-order valence-electron chi connectivity index (χ4n) is 2.51. The van der Waals surface area contributed by atoms with Gasteiger partial charge in [0.1, 0.15) is 0 Å². The predicted molar refractivity (Wildman–Crippen MR) is 85.4 cm³/mol. The zero-order valence-electron chi connectivity index (χ0n) is 12.5. The summed E-state index contributed by atoms with van der Waals surface area (Å²) in [5, 5.41) is 4.49. The van der Waals surface area contributed by atoms with Crippen LogP contribution in [-0.2, 0) is 6.54 Å². The molecule has 0 amide bonds. The average Bonchev–Trinajstić information content (AvgIpc) is 2.92. The van der Waals surface area contributed by atoms with E-state index in [1.54, 1.807) is 0 Å². The van der Waals surface area contributed by atoms with E-state index in [2.05, 4.69) is 35.9 Å². The molecule has 0 saturated heterocycles. The van der Waals surface area contributed by atoms with Gasteiger partial charge >= 0.3 is 0 Å². The summed E-state index contributed by atoms with van der Waals surface area (Å²) in [5.74, 6) is 0.726. The Morgan fingerprint density at radius 2 is 2.10 bits per heavy atom. The minimum absolute atomic E-state index is 0.726. The molecule has 0 fully saturated rings.